The van der Waals surface area contributed by atoms with Crippen molar-refractivity contribution < 1.29 is 9.90 Å². The van der Waals surface area contributed by atoms with E-state index < -0.39 is 0 Å². The molecule has 0 saturated carbocycles. The van der Waals surface area contributed by atoms with Crippen LogP contribution < -0.4 is 0 Å². The molecular weight excluding hydrogens is 212 g/mol. The molecule has 0 aliphatic heterocycles. The Morgan fingerprint density at radius 1 is 1.47 bits per heavy atom. The van der Waals surface area contributed by atoms with Gasteiger partial charge in [0, 0.05) is 16.6 Å². The highest BCUT2D eigenvalue weighted by Gasteiger charge is 2.44. The predicted molar refractivity (Wildman–Crippen MR) is 68.7 cm³/mol. The summed E-state index contributed by atoms with van der Waals surface area (Å²) in [5, 5.41) is 10.1. The molecule has 0 aromatic carbocycles. The summed E-state index contributed by atoms with van der Waals surface area (Å²) in [6.45, 7) is 8.23. The Bertz CT molecular complexity index is 461. The Balaban J connectivity index is 2.64. The Labute approximate surface area is 103 Å². The summed E-state index contributed by atoms with van der Waals surface area (Å²) >= 11 is 0. The van der Waals surface area contributed by atoms with Crippen LogP contribution in [0.4, 0.5) is 0 Å². The zero-order valence-electron chi connectivity index (χ0n) is 11.0. The Morgan fingerprint density at radius 3 is 2.71 bits per heavy atom. The van der Waals surface area contributed by atoms with Crippen LogP contribution in [0.1, 0.15) is 40.5 Å². The number of Topliss-reactive ketones (excluding diaryl/α,β-unsaturated/α-hetero) is 1. The maximum atomic E-state index is 12.1. The third-order valence-electron chi connectivity index (χ3n) is 4.37. The third-order valence-corrected chi connectivity index (χ3v) is 4.37. The second kappa shape index (κ2) is 3.86. The number of carbonyl (C=O) groups is 1. The maximum absolute atomic E-state index is 12.1. The van der Waals surface area contributed by atoms with Crippen LogP contribution >= 0.6 is 0 Å². The van der Waals surface area contributed by atoms with Crippen LogP contribution in [0.2, 0.25) is 0 Å². The van der Waals surface area contributed by atoms with Crippen LogP contribution in [0, 0.1) is 11.3 Å². The first-order valence-electron chi connectivity index (χ1n) is 6.19. The van der Waals surface area contributed by atoms with E-state index >= 15 is 0 Å². The van der Waals surface area contributed by atoms with E-state index in [4.69, 9.17) is 0 Å². The zero-order chi connectivity index (χ0) is 12.8. The lowest BCUT2D eigenvalue weighted by Crippen LogP contribution is -2.37. The van der Waals surface area contributed by atoms with Gasteiger partial charge in [0.1, 0.15) is 0 Å². The van der Waals surface area contributed by atoms with Gasteiger partial charge in [0.15, 0.2) is 5.76 Å². The van der Waals surface area contributed by atoms with Gasteiger partial charge in [-0.1, -0.05) is 31.6 Å². The summed E-state index contributed by atoms with van der Waals surface area (Å²) in [6, 6.07) is 0. The van der Waals surface area contributed by atoms with E-state index in [1.54, 1.807) is 0 Å². The lowest BCUT2D eigenvalue weighted by Gasteiger charge is -2.43. The molecule has 0 bridgehead atoms. The molecule has 0 amide bonds. The van der Waals surface area contributed by atoms with Gasteiger partial charge in [-0.05, 0) is 32.6 Å². The van der Waals surface area contributed by atoms with Crippen molar-refractivity contribution in [3.8, 4) is 0 Å². The van der Waals surface area contributed by atoms with Crippen molar-refractivity contribution in [1.82, 2.24) is 0 Å². The average Bonchev–Trinajstić information content (AvgIpc) is 2.26. The van der Waals surface area contributed by atoms with E-state index in [1.165, 1.54) is 0 Å². The molecule has 1 N–H and O–H groups in total. The fourth-order valence-electron chi connectivity index (χ4n) is 2.84. The van der Waals surface area contributed by atoms with Crippen molar-refractivity contribution in [3.05, 3.63) is 34.6 Å². The topological polar surface area (TPSA) is 37.3 Å². The number of hydrogen-bond donors (Lipinski definition) is 1. The molecule has 2 atom stereocenters. The van der Waals surface area contributed by atoms with Gasteiger partial charge in [-0.25, -0.2) is 0 Å². The highest BCUT2D eigenvalue weighted by Crippen LogP contribution is 2.50. The van der Waals surface area contributed by atoms with E-state index in [2.05, 4.69) is 19.9 Å². The van der Waals surface area contributed by atoms with Gasteiger partial charge < -0.3 is 5.11 Å². The molecule has 2 unspecified atom stereocenters. The molecule has 0 radical (unpaired) electrons. The van der Waals surface area contributed by atoms with Gasteiger partial charge in [0.25, 0.3) is 0 Å². The molecule has 2 rings (SSSR count). The zero-order valence-corrected chi connectivity index (χ0v) is 11.0. The van der Waals surface area contributed by atoms with Gasteiger partial charge in [0.05, 0.1) is 0 Å². The predicted octanol–water partition coefficient (Wildman–Crippen LogP) is 3.71. The monoisotopic (exact) mass is 232 g/mol. The summed E-state index contributed by atoms with van der Waals surface area (Å²) < 4.78 is 0. The summed E-state index contributed by atoms with van der Waals surface area (Å²) in [5.41, 5.74) is 2.53. The Hall–Kier alpha value is -1.31. The van der Waals surface area contributed by atoms with Crippen LogP contribution in [-0.2, 0) is 4.79 Å². The number of allylic oxidation sites excluding steroid dienone is 5. The van der Waals surface area contributed by atoms with Crippen molar-refractivity contribution in [2.24, 2.45) is 11.3 Å². The first-order chi connectivity index (χ1) is 7.88. The number of aliphatic hydroxyl groups is 1. The summed E-state index contributed by atoms with van der Waals surface area (Å²) in [7, 11) is 0. The summed E-state index contributed by atoms with van der Waals surface area (Å²) in [6.07, 6.45) is 5.74. The smallest absolute Gasteiger partial charge is 0.223 e. The normalized spacial score (nSPS) is 32.8. The second-order valence-electron chi connectivity index (χ2n) is 5.70. The molecule has 2 aliphatic carbocycles. The van der Waals surface area contributed by atoms with Crippen LogP contribution in [0.25, 0.3) is 0 Å². The lowest BCUT2D eigenvalue weighted by atomic mass is 9.61. The largest absolute Gasteiger partial charge is 0.504 e. The molecule has 0 aromatic heterocycles. The highest BCUT2D eigenvalue weighted by molar-refractivity contribution is 6.09. The van der Waals surface area contributed by atoms with Crippen LogP contribution in [-0.4, -0.2) is 10.9 Å². The molecule has 17 heavy (non-hydrogen) atoms. The quantitative estimate of drug-likeness (QED) is 0.646. The molecule has 2 aliphatic rings. The van der Waals surface area contributed by atoms with Crippen LogP contribution in [0.3, 0.4) is 0 Å². The Morgan fingerprint density at radius 2 is 2.12 bits per heavy atom. The number of fused-ring (bicyclic) bond motifs is 1. The number of rotatable bonds is 0. The molecule has 92 valence electrons. The fraction of sp³-hybridized carbons (Fsp3) is 0.533. The van der Waals surface area contributed by atoms with Gasteiger partial charge in [-0.15, -0.1) is 0 Å². The van der Waals surface area contributed by atoms with E-state index in [0.717, 1.165) is 29.6 Å². The van der Waals surface area contributed by atoms with Crippen molar-refractivity contribution in [2.45, 2.75) is 40.5 Å². The SMILES string of the molecule is CC(C)=C1CC2(C)C(=C(O)C1=O)C=CCC2C. The van der Waals surface area contributed by atoms with E-state index in [0.29, 0.717) is 5.92 Å². The standard InChI is InChI=1S/C15H20O2/c1-9(2)11-8-15(4)10(3)6-5-7-12(15)14(17)13(11)16/h5,7,10,17H,6,8H2,1-4H3. The van der Waals surface area contributed by atoms with Crippen LogP contribution in [0.5, 0.6) is 0 Å². The van der Waals surface area contributed by atoms with E-state index in [-0.39, 0.29) is 17.0 Å². The lowest BCUT2D eigenvalue weighted by molar-refractivity contribution is -0.115. The molecule has 0 spiro atoms. The molecule has 0 heterocycles. The number of ketones is 1. The van der Waals surface area contributed by atoms with Crippen molar-refractivity contribution >= 4 is 5.78 Å². The summed E-state index contributed by atoms with van der Waals surface area (Å²) in [4.78, 5) is 12.1. The third kappa shape index (κ3) is 1.67. The van der Waals surface area contributed by atoms with Crippen LogP contribution in [0.15, 0.2) is 34.6 Å². The van der Waals surface area contributed by atoms with Crippen molar-refractivity contribution in [2.75, 3.05) is 0 Å². The van der Waals surface area contributed by atoms with E-state index in [9.17, 15) is 9.90 Å². The highest BCUT2D eigenvalue weighted by atomic mass is 16.3. The van der Waals surface area contributed by atoms with Gasteiger partial charge >= 0.3 is 0 Å². The number of hydrogen-bond acceptors (Lipinski definition) is 2. The van der Waals surface area contributed by atoms with Crippen molar-refractivity contribution in [1.29, 1.82) is 0 Å². The number of aliphatic hydroxyl groups excluding tert-OH is 1. The second-order valence-corrected chi connectivity index (χ2v) is 5.70. The molecule has 0 fully saturated rings. The minimum Gasteiger partial charge on any atom is -0.504 e. The molecule has 0 aromatic rings. The van der Waals surface area contributed by atoms with E-state index in [1.807, 2.05) is 19.9 Å². The molecular formula is C15H20O2. The average molecular weight is 232 g/mol. The fourth-order valence-corrected chi connectivity index (χ4v) is 2.84. The Kier molecular flexibility index (Phi) is 2.76. The molecule has 2 nitrogen and oxygen atoms in total. The van der Waals surface area contributed by atoms with Crippen molar-refractivity contribution in [3.63, 3.8) is 0 Å². The minimum atomic E-state index is -0.184. The maximum Gasteiger partial charge on any atom is 0.223 e. The number of carbonyl (C=O) groups excluding carboxylic acids is 1. The summed E-state index contributed by atoms with van der Waals surface area (Å²) in [5.74, 6) is 0.223. The van der Waals surface area contributed by atoms with Gasteiger partial charge in [-0.2, -0.15) is 0 Å². The molecule has 2 heteroatoms. The first-order valence-corrected chi connectivity index (χ1v) is 6.19. The minimum absolute atomic E-state index is 0.0437. The van der Waals surface area contributed by atoms with Gasteiger partial charge in [0.2, 0.25) is 5.78 Å². The first kappa shape index (κ1) is 12.2. The van der Waals surface area contributed by atoms with Gasteiger partial charge in [-0.3, -0.25) is 4.79 Å². The molecule has 0 saturated heterocycles.